The van der Waals surface area contributed by atoms with E-state index >= 15 is 0 Å². The van der Waals surface area contributed by atoms with Gasteiger partial charge in [-0.1, -0.05) is 26.7 Å². The van der Waals surface area contributed by atoms with E-state index in [1.807, 2.05) is 0 Å². The highest BCUT2D eigenvalue weighted by molar-refractivity contribution is 4.94. The smallest absolute Gasteiger partial charge is 0.0678 e. The fourth-order valence-corrected chi connectivity index (χ4v) is 3.27. The lowest BCUT2D eigenvalue weighted by Crippen LogP contribution is -2.60. The fraction of sp³-hybridized carbons (Fsp3) is 1.00. The van der Waals surface area contributed by atoms with Crippen molar-refractivity contribution in [1.82, 2.24) is 4.90 Å². The Balaban J connectivity index is 2.79. The highest BCUT2D eigenvalue weighted by Gasteiger charge is 2.37. The first-order chi connectivity index (χ1) is 8.07. The maximum atomic E-state index is 6.12. The number of ether oxygens (including phenoxy) is 1. The highest BCUT2D eigenvalue weighted by atomic mass is 16.5. The Morgan fingerprint density at radius 1 is 1.12 bits per heavy atom. The summed E-state index contributed by atoms with van der Waals surface area (Å²) in [6, 6.07) is 0. The Morgan fingerprint density at radius 3 is 1.94 bits per heavy atom. The third kappa shape index (κ3) is 3.67. The number of rotatable bonds is 6. The highest BCUT2D eigenvalue weighted by Crippen LogP contribution is 2.29. The number of morpholine rings is 1. The van der Waals surface area contributed by atoms with Crippen LogP contribution in [0.4, 0.5) is 0 Å². The zero-order valence-corrected chi connectivity index (χ0v) is 12.0. The van der Waals surface area contributed by atoms with Crippen molar-refractivity contribution in [3.05, 3.63) is 0 Å². The zero-order valence-electron chi connectivity index (χ0n) is 12.0. The van der Waals surface area contributed by atoms with Crippen molar-refractivity contribution >= 4 is 0 Å². The van der Waals surface area contributed by atoms with Gasteiger partial charge in [-0.25, -0.2) is 0 Å². The van der Waals surface area contributed by atoms with Crippen molar-refractivity contribution < 1.29 is 4.74 Å². The van der Waals surface area contributed by atoms with E-state index in [0.717, 1.165) is 19.6 Å². The summed E-state index contributed by atoms with van der Waals surface area (Å²) in [4.78, 5) is 2.60. The van der Waals surface area contributed by atoms with Crippen LogP contribution in [0.2, 0.25) is 0 Å². The molecule has 102 valence electrons. The van der Waals surface area contributed by atoms with Crippen LogP contribution in [-0.4, -0.2) is 42.3 Å². The molecule has 0 aliphatic carbocycles. The monoisotopic (exact) mass is 242 g/mol. The molecule has 0 spiro atoms. The normalized spacial score (nSPS) is 27.4. The first-order valence-electron chi connectivity index (χ1n) is 7.18. The van der Waals surface area contributed by atoms with E-state index in [9.17, 15) is 0 Å². The topological polar surface area (TPSA) is 38.5 Å². The van der Waals surface area contributed by atoms with Gasteiger partial charge in [0.05, 0.1) is 12.2 Å². The van der Waals surface area contributed by atoms with Gasteiger partial charge in [0, 0.05) is 25.2 Å². The van der Waals surface area contributed by atoms with Crippen LogP contribution in [0.15, 0.2) is 0 Å². The average molecular weight is 242 g/mol. The van der Waals surface area contributed by atoms with Gasteiger partial charge in [0.25, 0.3) is 0 Å². The fourth-order valence-electron chi connectivity index (χ4n) is 3.27. The molecule has 3 nitrogen and oxygen atoms in total. The maximum Gasteiger partial charge on any atom is 0.0678 e. The van der Waals surface area contributed by atoms with Gasteiger partial charge in [-0.05, 0) is 26.7 Å². The third-order valence-electron chi connectivity index (χ3n) is 3.90. The largest absolute Gasteiger partial charge is 0.373 e. The molecule has 1 saturated heterocycles. The summed E-state index contributed by atoms with van der Waals surface area (Å²) in [5.41, 5.74) is 6.32. The van der Waals surface area contributed by atoms with Gasteiger partial charge in [0.1, 0.15) is 0 Å². The van der Waals surface area contributed by atoms with Crippen molar-refractivity contribution in [2.75, 3.05) is 19.6 Å². The van der Waals surface area contributed by atoms with E-state index in [1.54, 1.807) is 0 Å². The molecule has 1 aliphatic rings. The molecule has 1 heterocycles. The summed E-state index contributed by atoms with van der Waals surface area (Å²) < 4.78 is 5.83. The molecular formula is C14H30N2O. The number of nitrogens with zero attached hydrogens (tertiary/aromatic N) is 1. The van der Waals surface area contributed by atoms with Gasteiger partial charge in [0.15, 0.2) is 0 Å². The average Bonchev–Trinajstić information content (AvgIpc) is 2.27. The minimum atomic E-state index is 0.204. The Hall–Kier alpha value is -0.120. The van der Waals surface area contributed by atoms with E-state index in [2.05, 4.69) is 32.6 Å². The van der Waals surface area contributed by atoms with E-state index in [-0.39, 0.29) is 5.54 Å². The second kappa shape index (κ2) is 6.72. The second-order valence-electron chi connectivity index (χ2n) is 5.59. The Bertz CT molecular complexity index is 204. The maximum absolute atomic E-state index is 6.12. The van der Waals surface area contributed by atoms with Crippen LogP contribution in [0.25, 0.3) is 0 Å². The van der Waals surface area contributed by atoms with Crippen LogP contribution in [0, 0.1) is 0 Å². The third-order valence-corrected chi connectivity index (χ3v) is 3.90. The van der Waals surface area contributed by atoms with Gasteiger partial charge in [-0.2, -0.15) is 0 Å². The number of hydrogen-bond donors (Lipinski definition) is 1. The molecule has 1 aliphatic heterocycles. The van der Waals surface area contributed by atoms with Gasteiger partial charge < -0.3 is 10.5 Å². The van der Waals surface area contributed by atoms with Crippen molar-refractivity contribution in [3.63, 3.8) is 0 Å². The quantitative estimate of drug-likeness (QED) is 0.777. The van der Waals surface area contributed by atoms with Crippen molar-refractivity contribution in [2.45, 2.75) is 71.1 Å². The van der Waals surface area contributed by atoms with Gasteiger partial charge in [-0.15, -0.1) is 0 Å². The van der Waals surface area contributed by atoms with Crippen LogP contribution in [0.1, 0.15) is 53.4 Å². The van der Waals surface area contributed by atoms with Crippen LogP contribution in [-0.2, 0) is 4.74 Å². The van der Waals surface area contributed by atoms with E-state index < -0.39 is 0 Å². The van der Waals surface area contributed by atoms with Crippen LogP contribution in [0.5, 0.6) is 0 Å². The zero-order chi connectivity index (χ0) is 12.9. The summed E-state index contributed by atoms with van der Waals surface area (Å²) >= 11 is 0. The lowest BCUT2D eigenvalue weighted by atomic mass is 9.85. The molecular weight excluding hydrogens is 212 g/mol. The predicted molar refractivity (Wildman–Crippen MR) is 73.2 cm³/mol. The lowest BCUT2D eigenvalue weighted by Gasteiger charge is -2.48. The number of hydrogen-bond acceptors (Lipinski definition) is 3. The molecule has 17 heavy (non-hydrogen) atoms. The molecule has 2 unspecified atom stereocenters. The number of nitrogens with two attached hydrogens (primary N) is 1. The Kier molecular flexibility index (Phi) is 5.90. The van der Waals surface area contributed by atoms with Crippen LogP contribution >= 0.6 is 0 Å². The molecule has 0 radical (unpaired) electrons. The Morgan fingerprint density at radius 2 is 1.59 bits per heavy atom. The molecule has 0 amide bonds. The molecule has 2 N–H and O–H groups in total. The summed E-state index contributed by atoms with van der Waals surface area (Å²) in [6.45, 7) is 11.7. The first kappa shape index (κ1) is 14.9. The van der Waals surface area contributed by atoms with E-state index in [0.29, 0.717) is 12.2 Å². The standard InChI is InChI=1S/C14H30N2O/c1-5-7-14(11-15,8-6-2)16-9-12(3)17-13(4)10-16/h12-13H,5-11,15H2,1-4H3. The molecule has 0 bridgehead atoms. The van der Waals surface area contributed by atoms with Gasteiger partial charge in [0.2, 0.25) is 0 Å². The van der Waals surface area contributed by atoms with Crippen molar-refractivity contribution in [3.8, 4) is 0 Å². The molecule has 0 aromatic rings. The molecule has 1 fully saturated rings. The minimum absolute atomic E-state index is 0.204. The first-order valence-corrected chi connectivity index (χ1v) is 7.18. The summed E-state index contributed by atoms with van der Waals surface area (Å²) in [5.74, 6) is 0. The molecule has 3 heteroatoms. The molecule has 0 aromatic carbocycles. The molecule has 0 saturated carbocycles. The van der Waals surface area contributed by atoms with Crippen molar-refractivity contribution in [1.29, 1.82) is 0 Å². The van der Waals surface area contributed by atoms with Crippen molar-refractivity contribution in [2.24, 2.45) is 5.73 Å². The predicted octanol–water partition coefficient (Wildman–Crippen LogP) is 2.39. The van der Waals surface area contributed by atoms with Crippen LogP contribution in [0.3, 0.4) is 0 Å². The van der Waals surface area contributed by atoms with Gasteiger partial charge in [-0.3, -0.25) is 4.90 Å². The minimum Gasteiger partial charge on any atom is -0.373 e. The van der Waals surface area contributed by atoms with Crippen LogP contribution < -0.4 is 5.73 Å². The summed E-state index contributed by atoms with van der Waals surface area (Å²) in [5, 5.41) is 0. The lowest BCUT2D eigenvalue weighted by molar-refractivity contribution is -0.104. The van der Waals surface area contributed by atoms with Gasteiger partial charge >= 0.3 is 0 Å². The summed E-state index contributed by atoms with van der Waals surface area (Å²) in [7, 11) is 0. The van der Waals surface area contributed by atoms with E-state index in [1.165, 1.54) is 25.7 Å². The molecule has 0 aromatic heterocycles. The summed E-state index contributed by atoms with van der Waals surface area (Å²) in [6.07, 6.45) is 5.49. The second-order valence-corrected chi connectivity index (χ2v) is 5.59. The SMILES string of the molecule is CCCC(CN)(CCC)N1CC(C)OC(C)C1. The molecule has 1 rings (SSSR count). The van der Waals surface area contributed by atoms with E-state index in [4.69, 9.17) is 10.5 Å². The molecule has 2 atom stereocenters. The Labute approximate surface area is 107 Å².